The van der Waals surface area contributed by atoms with Crippen LogP contribution in [0.3, 0.4) is 0 Å². The summed E-state index contributed by atoms with van der Waals surface area (Å²) in [7, 11) is 0. The van der Waals surface area contributed by atoms with Crippen LogP contribution in [0.2, 0.25) is 0 Å². The Morgan fingerprint density at radius 2 is 1.00 bits per heavy atom. The molecular formula is C15H20O. The van der Waals surface area contributed by atoms with Crippen LogP contribution in [0.15, 0.2) is 66.7 Å². The topological polar surface area (TPSA) is 20.2 Å². The van der Waals surface area contributed by atoms with Gasteiger partial charge in [-0.2, -0.15) is 0 Å². The number of aliphatic hydroxyl groups excluding tert-OH is 1. The Morgan fingerprint density at radius 1 is 0.750 bits per heavy atom. The van der Waals surface area contributed by atoms with Crippen molar-refractivity contribution in [2.45, 2.75) is 13.8 Å². The van der Waals surface area contributed by atoms with Crippen molar-refractivity contribution in [1.29, 1.82) is 0 Å². The summed E-state index contributed by atoms with van der Waals surface area (Å²) in [6, 6.07) is 22.3. The van der Waals surface area contributed by atoms with Crippen LogP contribution in [-0.4, -0.2) is 11.7 Å². The SMILES string of the molecule is CCO.Cc1ccccc1.c1ccccc1. The van der Waals surface area contributed by atoms with E-state index in [1.807, 2.05) is 54.6 Å². The number of aliphatic hydroxyl groups is 1. The third kappa shape index (κ3) is 10.5. The maximum atomic E-state index is 7.57. The average Bonchev–Trinajstić information content (AvgIpc) is 2.34. The van der Waals surface area contributed by atoms with E-state index in [2.05, 4.69) is 19.1 Å². The molecule has 0 fully saturated rings. The lowest BCUT2D eigenvalue weighted by molar-refractivity contribution is 0.318. The van der Waals surface area contributed by atoms with Crippen molar-refractivity contribution in [3.8, 4) is 0 Å². The quantitative estimate of drug-likeness (QED) is 0.712. The van der Waals surface area contributed by atoms with Crippen molar-refractivity contribution in [3.63, 3.8) is 0 Å². The Balaban J connectivity index is 0.000000230. The molecular weight excluding hydrogens is 196 g/mol. The number of rotatable bonds is 0. The highest BCUT2D eigenvalue weighted by Gasteiger charge is 1.72. The highest BCUT2D eigenvalue weighted by molar-refractivity contribution is 5.11. The van der Waals surface area contributed by atoms with Gasteiger partial charge >= 0.3 is 0 Å². The smallest absolute Gasteiger partial charge is 0.0402 e. The molecule has 0 unspecified atom stereocenters. The van der Waals surface area contributed by atoms with Gasteiger partial charge in [0, 0.05) is 6.61 Å². The zero-order valence-electron chi connectivity index (χ0n) is 10.0. The van der Waals surface area contributed by atoms with Crippen LogP contribution in [0.4, 0.5) is 0 Å². The Kier molecular flexibility index (Phi) is 10.3. The lowest BCUT2D eigenvalue weighted by Crippen LogP contribution is -1.62. The van der Waals surface area contributed by atoms with Gasteiger partial charge in [0.05, 0.1) is 0 Å². The first kappa shape index (κ1) is 14.4. The molecule has 0 aliphatic carbocycles. The number of hydrogen-bond donors (Lipinski definition) is 1. The third-order valence-electron chi connectivity index (χ3n) is 1.61. The summed E-state index contributed by atoms with van der Waals surface area (Å²) in [6.45, 7) is 4.01. The molecule has 0 atom stereocenters. The fourth-order valence-electron chi connectivity index (χ4n) is 0.919. The molecule has 1 heteroatoms. The van der Waals surface area contributed by atoms with E-state index in [0.717, 1.165) is 0 Å². The fourth-order valence-corrected chi connectivity index (χ4v) is 0.919. The molecule has 2 rings (SSSR count). The van der Waals surface area contributed by atoms with Crippen molar-refractivity contribution >= 4 is 0 Å². The van der Waals surface area contributed by atoms with E-state index >= 15 is 0 Å². The van der Waals surface area contributed by atoms with Gasteiger partial charge in [-0.25, -0.2) is 0 Å². The molecule has 0 saturated heterocycles. The second-order valence-corrected chi connectivity index (χ2v) is 3.13. The molecule has 0 spiro atoms. The van der Waals surface area contributed by atoms with Gasteiger partial charge in [-0.05, 0) is 13.8 Å². The van der Waals surface area contributed by atoms with Crippen LogP contribution in [0.5, 0.6) is 0 Å². The lowest BCUT2D eigenvalue weighted by atomic mass is 10.2. The van der Waals surface area contributed by atoms with Crippen molar-refractivity contribution in [1.82, 2.24) is 0 Å². The third-order valence-corrected chi connectivity index (χ3v) is 1.61. The van der Waals surface area contributed by atoms with Gasteiger partial charge < -0.3 is 5.11 Å². The number of aryl methyl sites for hydroxylation is 1. The van der Waals surface area contributed by atoms with E-state index in [1.54, 1.807) is 6.92 Å². The molecule has 0 heterocycles. The molecule has 0 radical (unpaired) electrons. The van der Waals surface area contributed by atoms with E-state index in [0.29, 0.717) is 0 Å². The Morgan fingerprint density at radius 3 is 1.19 bits per heavy atom. The van der Waals surface area contributed by atoms with E-state index < -0.39 is 0 Å². The summed E-state index contributed by atoms with van der Waals surface area (Å²) in [6.07, 6.45) is 0. The minimum Gasteiger partial charge on any atom is -0.397 e. The van der Waals surface area contributed by atoms with Crippen LogP contribution < -0.4 is 0 Å². The molecule has 86 valence electrons. The van der Waals surface area contributed by atoms with Crippen LogP contribution in [-0.2, 0) is 0 Å². The molecule has 1 nitrogen and oxygen atoms in total. The standard InChI is InChI=1S/C7H8.C6H6.C2H6O/c1-7-5-3-2-4-6-7;1-2-4-6-5-3-1;1-2-3/h2-6H,1H3;1-6H;3H,2H2,1H3. The Hall–Kier alpha value is -1.60. The van der Waals surface area contributed by atoms with Crippen LogP contribution >= 0.6 is 0 Å². The van der Waals surface area contributed by atoms with Gasteiger partial charge in [0.2, 0.25) is 0 Å². The minimum atomic E-state index is 0.250. The van der Waals surface area contributed by atoms with Crippen LogP contribution in [0.1, 0.15) is 12.5 Å². The van der Waals surface area contributed by atoms with Crippen LogP contribution in [0, 0.1) is 6.92 Å². The molecule has 2 aromatic carbocycles. The highest BCUT2D eigenvalue weighted by Crippen LogP contribution is 1.92. The van der Waals surface area contributed by atoms with Crippen molar-refractivity contribution in [3.05, 3.63) is 72.3 Å². The van der Waals surface area contributed by atoms with E-state index in [4.69, 9.17) is 5.11 Å². The molecule has 0 aliphatic heterocycles. The van der Waals surface area contributed by atoms with Gasteiger partial charge in [0.25, 0.3) is 0 Å². The normalized spacial score (nSPS) is 7.94. The Bertz CT molecular complexity index is 289. The summed E-state index contributed by atoms with van der Waals surface area (Å²) in [4.78, 5) is 0. The molecule has 16 heavy (non-hydrogen) atoms. The van der Waals surface area contributed by atoms with Gasteiger partial charge in [-0.1, -0.05) is 72.3 Å². The molecule has 0 aliphatic rings. The summed E-state index contributed by atoms with van der Waals surface area (Å²) in [5.74, 6) is 0. The summed E-state index contributed by atoms with van der Waals surface area (Å²) in [5.41, 5.74) is 1.32. The Labute approximate surface area is 98.4 Å². The predicted molar refractivity (Wildman–Crippen MR) is 70.4 cm³/mol. The second-order valence-electron chi connectivity index (χ2n) is 3.13. The molecule has 0 saturated carbocycles. The van der Waals surface area contributed by atoms with Gasteiger partial charge in [0.1, 0.15) is 0 Å². The van der Waals surface area contributed by atoms with Crippen LogP contribution in [0.25, 0.3) is 0 Å². The maximum Gasteiger partial charge on any atom is 0.0402 e. The van der Waals surface area contributed by atoms with Crippen molar-refractivity contribution in [2.24, 2.45) is 0 Å². The summed E-state index contributed by atoms with van der Waals surface area (Å²) >= 11 is 0. The lowest BCUT2D eigenvalue weighted by Gasteiger charge is -1.82. The average molecular weight is 216 g/mol. The van der Waals surface area contributed by atoms with Crippen molar-refractivity contribution in [2.75, 3.05) is 6.61 Å². The summed E-state index contributed by atoms with van der Waals surface area (Å²) in [5, 5.41) is 7.57. The zero-order chi connectivity index (χ0) is 12.1. The van der Waals surface area contributed by atoms with E-state index in [9.17, 15) is 0 Å². The molecule has 2 aromatic rings. The highest BCUT2D eigenvalue weighted by atomic mass is 16.2. The molecule has 0 amide bonds. The monoisotopic (exact) mass is 216 g/mol. The largest absolute Gasteiger partial charge is 0.397 e. The first-order chi connectivity index (χ1) is 7.81. The number of hydrogen-bond acceptors (Lipinski definition) is 1. The second kappa shape index (κ2) is 11.5. The molecule has 0 aromatic heterocycles. The van der Waals surface area contributed by atoms with Gasteiger partial charge in [0.15, 0.2) is 0 Å². The first-order valence-electron chi connectivity index (χ1n) is 5.43. The summed E-state index contributed by atoms with van der Waals surface area (Å²) < 4.78 is 0. The zero-order valence-corrected chi connectivity index (χ0v) is 10.0. The molecule has 0 bridgehead atoms. The first-order valence-corrected chi connectivity index (χ1v) is 5.43. The van der Waals surface area contributed by atoms with Gasteiger partial charge in [-0.15, -0.1) is 0 Å². The maximum absolute atomic E-state index is 7.57. The predicted octanol–water partition coefficient (Wildman–Crippen LogP) is 3.68. The van der Waals surface area contributed by atoms with Gasteiger partial charge in [-0.3, -0.25) is 0 Å². The molecule has 1 N–H and O–H groups in total. The van der Waals surface area contributed by atoms with E-state index in [-0.39, 0.29) is 6.61 Å². The van der Waals surface area contributed by atoms with E-state index in [1.165, 1.54) is 5.56 Å². The van der Waals surface area contributed by atoms with Crippen molar-refractivity contribution < 1.29 is 5.11 Å². The minimum absolute atomic E-state index is 0.250. The fraction of sp³-hybridized carbons (Fsp3) is 0.200. The number of benzene rings is 2.